The van der Waals surface area contributed by atoms with Gasteiger partial charge in [-0.1, -0.05) is 18.2 Å². The number of esters is 1. The lowest BCUT2D eigenvalue weighted by Gasteiger charge is -2.03. The van der Waals surface area contributed by atoms with E-state index in [1.54, 1.807) is 13.8 Å². The van der Waals surface area contributed by atoms with Crippen molar-refractivity contribution in [2.75, 3.05) is 12.0 Å². The molecule has 0 saturated heterocycles. The van der Waals surface area contributed by atoms with Gasteiger partial charge in [-0.3, -0.25) is 5.43 Å². The molecule has 0 bridgehead atoms. The first-order valence-corrected chi connectivity index (χ1v) is 7.07. The Bertz CT molecular complexity index is 865. The third-order valence-electron chi connectivity index (χ3n) is 3.30. The largest absolute Gasteiger partial charge is 0.461 e. The number of hydrogen-bond donors (Lipinski definition) is 1. The van der Waals surface area contributed by atoms with Gasteiger partial charge in [0.25, 0.3) is 0 Å². The molecule has 0 aliphatic rings. The summed E-state index contributed by atoms with van der Waals surface area (Å²) in [5.41, 5.74) is 5.48. The molecular weight excluding hydrogens is 280 g/mol. The van der Waals surface area contributed by atoms with Crippen LogP contribution in [0.5, 0.6) is 0 Å². The Morgan fingerprint density at radius 2 is 1.95 bits per heavy atom. The van der Waals surface area contributed by atoms with Crippen molar-refractivity contribution >= 4 is 39.3 Å². The van der Waals surface area contributed by atoms with Gasteiger partial charge in [-0.15, -0.1) is 0 Å². The van der Waals surface area contributed by atoms with Crippen molar-refractivity contribution in [1.29, 1.82) is 0 Å². The van der Waals surface area contributed by atoms with Crippen LogP contribution in [0.25, 0.3) is 21.9 Å². The quantitative estimate of drug-likeness (QED) is 0.450. The van der Waals surface area contributed by atoms with Crippen molar-refractivity contribution in [3.8, 4) is 0 Å². The van der Waals surface area contributed by atoms with Gasteiger partial charge in [0.1, 0.15) is 16.9 Å². The summed E-state index contributed by atoms with van der Waals surface area (Å²) < 4.78 is 10.7. The van der Waals surface area contributed by atoms with Gasteiger partial charge in [-0.05, 0) is 32.0 Å². The number of hydrogen-bond acceptors (Lipinski definition) is 5. The SMILES string of the molecule is CCOC(=O)/C(C)=N/Nc1ccc2c(c1)oc1ccccc12. The van der Waals surface area contributed by atoms with E-state index in [1.807, 2.05) is 42.5 Å². The van der Waals surface area contributed by atoms with Crippen LogP contribution >= 0.6 is 0 Å². The maximum absolute atomic E-state index is 11.5. The van der Waals surface area contributed by atoms with Crippen LogP contribution in [0.4, 0.5) is 5.69 Å². The van der Waals surface area contributed by atoms with Crippen LogP contribution in [0.2, 0.25) is 0 Å². The van der Waals surface area contributed by atoms with E-state index in [-0.39, 0.29) is 5.71 Å². The number of hydrazone groups is 1. The number of benzene rings is 2. The second kappa shape index (κ2) is 5.89. The summed E-state index contributed by atoms with van der Waals surface area (Å²) in [4.78, 5) is 11.5. The molecular formula is C17H16N2O3. The second-order valence-corrected chi connectivity index (χ2v) is 4.84. The van der Waals surface area contributed by atoms with Gasteiger partial charge in [0.05, 0.1) is 12.3 Å². The fourth-order valence-corrected chi connectivity index (χ4v) is 2.23. The van der Waals surface area contributed by atoms with Crippen molar-refractivity contribution in [1.82, 2.24) is 0 Å². The average molecular weight is 296 g/mol. The van der Waals surface area contributed by atoms with Crippen LogP contribution < -0.4 is 5.43 Å². The first kappa shape index (κ1) is 14.1. The maximum atomic E-state index is 11.5. The number of furan rings is 1. The average Bonchev–Trinajstić information content (AvgIpc) is 2.90. The number of nitrogens with zero attached hydrogens (tertiary/aromatic N) is 1. The highest BCUT2D eigenvalue weighted by Crippen LogP contribution is 2.30. The van der Waals surface area contributed by atoms with Crippen molar-refractivity contribution < 1.29 is 13.9 Å². The molecule has 1 N–H and O–H groups in total. The molecule has 0 atom stereocenters. The molecule has 3 aromatic rings. The van der Waals surface area contributed by atoms with E-state index in [1.165, 1.54) is 0 Å². The topological polar surface area (TPSA) is 63.8 Å². The molecule has 0 aliphatic carbocycles. The van der Waals surface area contributed by atoms with Gasteiger partial charge in [0.2, 0.25) is 0 Å². The number of carbonyl (C=O) groups is 1. The molecule has 0 aliphatic heterocycles. The van der Waals surface area contributed by atoms with Crippen molar-refractivity contribution in [3.05, 3.63) is 42.5 Å². The lowest BCUT2D eigenvalue weighted by molar-refractivity contribution is -0.135. The van der Waals surface area contributed by atoms with Crippen LogP contribution in [-0.4, -0.2) is 18.3 Å². The zero-order valence-corrected chi connectivity index (χ0v) is 12.4. The van der Waals surface area contributed by atoms with Crippen molar-refractivity contribution in [3.63, 3.8) is 0 Å². The van der Waals surface area contributed by atoms with E-state index in [4.69, 9.17) is 9.15 Å². The zero-order valence-electron chi connectivity index (χ0n) is 12.4. The van der Waals surface area contributed by atoms with Gasteiger partial charge in [0.15, 0.2) is 0 Å². The standard InChI is InChI=1S/C17H16N2O3/c1-3-21-17(20)11(2)18-19-12-8-9-14-13-6-4-5-7-15(13)22-16(14)10-12/h4-10,19H,3H2,1-2H3/b18-11+. The van der Waals surface area contributed by atoms with E-state index in [9.17, 15) is 4.79 Å². The Labute approximate surface area is 127 Å². The Hall–Kier alpha value is -2.82. The molecule has 112 valence electrons. The second-order valence-electron chi connectivity index (χ2n) is 4.84. The number of para-hydroxylation sites is 1. The Morgan fingerprint density at radius 1 is 1.18 bits per heavy atom. The number of nitrogens with one attached hydrogen (secondary N) is 1. The van der Waals surface area contributed by atoms with E-state index >= 15 is 0 Å². The molecule has 0 unspecified atom stereocenters. The van der Waals surface area contributed by atoms with Gasteiger partial charge in [0, 0.05) is 16.8 Å². The minimum atomic E-state index is -0.431. The predicted octanol–water partition coefficient (Wildman–Crippen LogP) is 3.94. The molecule has 0 fully saturated rings. The highest BCUT2D eigenvalue weighted by Gasteiger charge is 2.08. The normalized spacial score (nSPS) is 11.8. The highest BCUT2D eigenvalue weighted by atomic mass is 16.5. The van der Waals surface area contributed by atoms with Crippen LogP contribution in [0.1, 0.15) is 13.8 Å². The third-order valence-corrected chi connectivity index (χ3v) is 3.30. The molecule has 0 saturated carbocycles. The molecule has 2 aromatic carbocycles. The number of fused-ring (bicyclic) bond motifs is 3. The van der Waals surface area contributed by atoms with Crippen molar-refractivity contribution in [2.24, 2.45) is 5.10 Å². The highest BCUT2D eigenvalue weighted by molar-refractivity contribution is 6.35. The molecule has 3 rings (SSSR count). The third kappa shape index (κ3) is 2.65. The molecule has 1 aromatic heterocycles. The number of anilines is 1. The first-order valence-electron chi connectivity index (χ1n) is 7.07. The molecule has 1 heterocycles. The van der Waals surface area contributed by atoms with Crippen LogP contribution in [0, 0.1) is 0 Å². The maximum Gasteiger partial charge on any atom is 0.354 e. The summed E-state index contributed by atoms with van der Waals surface area (Å²) in [5, 5.41) is 6.15. The Morgan fingerprint density at radius 3 is 2.77 bits per heavy atom. The molecule has 0 amide bonds. The smallest absolute Gasteiger partial charge is 0.354 e. The summed E-state index contributed by atoms with van der Waals surface area (Å²) >= 11 is 0. The summed E-state index contributed by atoms with van der Waals surface area (Å²) in [5.74, 6) is -0.431. The predicted molar refractivity (Wildman–Crippen MR) is 87.1 cm³/mol. The molecule has 0 spiro atoms. The summed E-state index contributed by atoms with van der Waals surface area (Å²) in [6, 6.07) is 13.6. The molecule has 5 nitrogen and oxygen atoms in total. The first-order chi connectivity index (χ1) is 10.7. The zero-order chi connectivity index (χ0) is 15.5. The van der Waals surface area contributed by atoms with Crippen LogP contribution in [0.3, 0.4) is 0 Å². The Balaban J connectivity index is 1.88. The minimum absolute atomic E-state index is 0.270. The lowest BCUT2D eigenvalue weighted by atomic mass is 10.1. The molecule has 22 heavy (non-hydrogen) atoms. The van der Waals surface area contributed by atoms with Crippen LogP contribution in [0.15, 0.2) is 52.0 Å². The number of carbonyl (C=O) groups excluding carboxylic acids is 1. The van der Waals surface area contributed by atoms with E-state index < -0.39 is 5.97 Å². The van der Waals surface area contributed by atoms with E-state index in [2.05, 4.69) is 10.5 Å². The van der Waals surface area contributed by atoms with E-state index in [0.717, 1.165) is 27.6 Å². The minimum Gasteiger partial charge on any atom is -0.461 e. The van der Waals surface area contributed by atoms with E-state index in [0.29, 0.717) is 6.61 Å². The fraction of sp³-hybridized carbons (Fsp3) is 0.176. The monoisotopic (exact) mass is 296 g/mol. The Kier molecular flexibility index (Phi) is 3.78. The number of rotatable bonds is 4. The fourth-order valence-electron chi connectivity index (χ4n) is 2.23. The van der Waals surface area contributed by atoms with Gasteiger partial charge >= 0.3 is 5.97 Å². The summed E-state index contributed by atoms with van der Waals surface area (Å²) in [6.07, 6.45) is 0. The lowest BCUT2D eigenvalue weighted by Crippen LogP contribution is -2.15. The van der Waals surface area contributed by atoms with Crippen molar-refractivity contribution in [2.45, 2.75) is 13.8 Å². The molecule has 5 heteroatoms. The van der Waals surface area contributed by atoms with Gasteiger partial charge < -0.3 is 9.15 Å². The molecule has 0 radical (unpaired) electrons. The number of ether oxygens (including phenoxy) is 1. The summed E-state index contributed by atoms with van der Waals surface area (Å²) in [7, 11) is 0. The summed E-state index contributed by atoms with van der Waals surface area (Å²) in [6.45, 7) is 3.69. The van der Waals surface area contributed by atoms with Crippen LogP contribution in [-0.2, 0) is 9.53 Å². The van der Waals surface area contributed by atoms with Gasteiger partial charge in [-0.25, -0.2) is 4.79 Å². The van der Waals surface area contributed by atoms with Gasteiger partial charge in [-0.2, -0.15) is 5.10 Å².